The zero-order chi connectivity index (χ0) is 19.8. The van der Waals surface area contributed by atoms with E-state index in [1.54, 1.807) is 7.11 Å². The first kappa shape index (κ1) is 20.3. The predicted octanol–water partition coefficient (Wildman–Crippen LogP) is 3.44. The summed E-state index contributed by atoms with van der Waals surface area (Å²) in [5.41, 5.74) is 0. The van der Waals surface area contributed by atoms with Crippen molar-refractivity contribution in [3.8, 4) is 11.6 Å². The Labute approximate surface area is 171 Å². The van der Waals surface area contributed by atoms with Crippen molar-refractivity contribution in [2.75, 3.05) is 43.6 Å². The summed E-state index contributed by atoms with van der Waals surface area (Å²) < 4.78 is 11.0. The van der Waals surface area contributed by atoms with Crippen molar-refractivity contribution in [2.24, 2.45) is 5.92 Å². The second kappa shape index (κ2) is 10.2. The quantitative estimate of drug-likeness (QED) is 0.540. The van der Waals surface area contributed by atoms with Crippen LogP contribution in [-0.2, 0) is 4.74 Å². The lowest BCUT2D eigenvalue weighted by atomic mass is 10.0. The fourth-order valence-electron chi connectivity index (χ4n) is 3.10. The number of hydrogen-bond acceptors (Lipinski definition) is 6. The van der Waals surface area contributed by atoms with Gasteiger partial charge in [-0.2, -0.15) is 9.97 Å². The lowest BCUT2D eigenvalue weighted by Gasteiger charge is -2.32. The van der Waals surface area contributed by atoms with Crippen molar-refractivity contribution in [3.05, 3.63) is 36.4 Å². The predicted molar refractivity (Wildman–Crippen MR) is 115 cm³/mol. The number of nitrogens with zero attached hydrogens (tertiary/aromatic N) is 3. The van der Waals surface area contributed by atoms with Gasteiger partial charge < -0.3 is 25.0 Å². The maximum atomic E-state index is 5.96. The van der Waals surface area contributed by atoms with Crippen molar-refractivity contribution in [3.63, 3.8) is 0 Å². The van der Waals surface area contributed by atoms with E-state index in [-0.39, 0.29) is 0 Å². The Morgan fingerprint density at radius 3 is 2.86 bits per heavy atom. The zero-order valence-electron chi connectivity index (χ0n) is 16.4. The molecule has 0 saturated carbocycles. The lowest BCUT2D eigenvalue weighted by Crippen LogP contribution is -2.35. The fourth-order valence-corrected chi connectivity index (χ4v) is 3.30. The van der Waals surface area contributed by atoms with E-state index in [0.717, 1.165) is 31.1 Å². The van der Waals surface area contributed by atoms with Gasteiger partial charge in [0.25, 0.3) is 0 Å². The van der Waals surface area contributed by atoms with Gasteiger partial charge in [0.1, 0.15) is 11.6 Å². The molecule has 8 heteroatoms. The Morgan fingerprint density at radius 2 is 2.11 bits per heavy atom. The Hall–Kier alpha value is -2.45. The van der Waals surface area contributed by atoms with Crippen molar-refractivity contribution in [1.29, 1.82) is 0 Å². The van der Waals surface area contributed by atoms with Gasteiger partial charge in [-0.1, -0.05) is 25.1 Å². The molecule has 1 aliphatic heterocycles. The molecule has 2 aromatic rings. The minimum absolute atomic E-state index is 0.413. The van der Waals surface area contributed by atoms with Crippen molar-refractivity contribution in [1.82, 2.24) is 15.3 Å². The van der Waals surface area contributed by atoms with Crippen LogP contribution in [0.5, 0.6) is 11.6 Å². The van der Waals surface area contributed by atoms with Gasteiger partial charge in [-0.15, -0.1) is 0 Å². The van der Waals surface area contributed by atoms with Crippen LogP contribution in [0.15, 0.2) is 36.4 Å². The summed E-state index contributed by atoms with van der Waals surface area (Å²) in [6, 6.07) is 11.5. The third-order valence-corrected chi connectivity index (χ3v) is 4.70. The van der Waals surface area contributed by atoms with Crippen LogP contribution in [-0.4, -0.2) is 48.4 Å². The van der Waals surface area contributed by atoms with Crippen molar-refractivity contribution in [2.45, 2.75) is 19.8 Å². The first-order valence-corrected chi connectivity index (χ1v) is 9.95. The molecular formula is C20H27N5O2S. The second-order valence-electron chi connectivity index (χ2n) is 6.87. The molecule has 0 aliphatic carbocycles. The maximum absolute atomic E-state index is 5.96. The summed E-state index contributed by atoms with van der Waals surface area (Å²) >= 11 is 5.33. The summed E-state index contributed by atoms with van der Waals surface area (Å²) in [6.07, 6.45) is 2.40. The van der Waals surface area contributed by atoms with Gasteiger partial charge in [0.15, 0.2) is 5.11 Å². The van der Waals surface area contributed by atoms with E-state index in [1.165, 1.54) is 6.42 Å². The Morgan fingerprint density at radius 1 is 1.29 bits per heavy atom. The summed E-state index contributed by atoms with van der Waals surface area (Å²) in [5, 5.41) is 6.57. The van der Waals surface area contributed by atoms with Crippen LogP contribution in [0.25, 0.3) is 0 Å². The highest BCUT2D eigenvalue weighted by atomic mass is 32.1. The van der Waals surface area contributed by atoms with E-state index in [0.29, 0.717) is 36.0 Å². The molecule has 1 aromatic heterocycles. The molecule has 3 rings (SSSR count). The summed E-state index contributed by atoms with van der Waals surface area (Å²) in [4.78, 5) is 11.4. The minimum atomic E-state index is 0.413. The van der Waals surface area contributed by atoms with E-state index in [2.05, 4.69) is 32.4 Å². The number of thiocarbonyl (C=S) groups is 1. The van der Waals surface area contributed by atoms with Crippen LogP contribution in [0.4, 0.5) is 11.8 Å². The van der Waals surface area contributed by atoms with Crippen LogP contribution in [0, 0.1) is 5.92 Å². The van der Waals surface area contributed by atoms with Gasteiger partial charge >= 0.3 is 0 Å². The molecule has 0 spiro atoms. The van der Waals surface area contributed by atoms with Crippen LogP contribution < -0.4 is 20.3 Å². The van der Waals surface area contributed by atoms with Gasteiger partial charge in [0.05, 0.1) is 6.61 Å². The Kier molecular flexibility index (Phi) is 7.39. The summed E-state index contributed by atoms with van der Waals surface area (Å²) in [6.45, 7) is 5.39. The van der Waals surface area contributed by atoms with Crippen molar-refractivity contribution < 1.29 is 9.47 Å². The molecule has 2 N–H and O–H groups in total. The molecule has 7 nitrogen and oxygen atoms in total. The molecule has 1 aliphatic rings. The van der Waals surface area contributed by atoms with Crippen LogP contribution in [0.3, 0.4) is 0 Å². The van der Waals surface area contributed by atoms with E-state index in [1.807, 2.05) is 36.4 Å². The standard InChI is InChI=1S/C20H27N5O2S/c1-15-7-6-11-25(14-15)17-13-18(27-16-8-4-3-5-9-16)23-19(22-17)24-20(28)21-10-12-26-2/h3-5,8-9,13,15H,6-7,10-12,14H2,1-2H3,(H2,21,22,23,24,28)/t15-/m1/s1. The van der Waals surface area contributed by atoms with Crippen molar-refractivity contribution >= 4 is 29.1 Å². The fraction of sp³-hybridized carbons (Fsp3) is 0.450. The normalized spacial score (nSPS) is 16.5. The van der Waals surface area contributed by atoms with Gasteiger partial charge in [-0.3, -0.25) is 0 Å². The zero-order valence-corrected chi connectivity index (χ0v) is 17.2. The number of ether oxygens (including phenoxy) is 2. The van der Waals surface area contributed by atoms with Gasteiger partial charge in [-0.05, 0) is 43.1 Å². The molecular weight excluding hydrogens is 374 g/mol. The molecule has 28 heavy (non-hydrogen) atoms. The average Bonchev–Trinajstić information content (AvgIpc) is 2.69. The number of para-hydroxylation sites is 1. The average molecular weight is 402 g/mol. The summed E-state index contributed by atoms with van der Waals surface area (Å²) in [5.74, 6) is 3.10. The van der Waals surface area contributed by atoms with Crippen LogP contribution in [0.2, 0.25) is 0 Å². The first-order chi connectivity index (χ1) is 13.6. The number of nitrogens with one attached hydrogen (secondary N) is 2. The molecule has 150 valence electrons. The highest BCUT2D eigenvalue weighted by Crippen LogP contribution is 2.27. The SMILES string of the molecule is COCCNC(=S)Nc1nc(Oc2ccccc2)cc(N2CCC[C@@H](C)C2)n1. The number of anilines is 2. The van der Waals surface area contributed by atoms with Gasteiger partial charge in [0.2, 0.25) is 11.8 Å². The van der Waals surface area contributed by atoms with E-state index in [4.69, 9.17) is 21.7 Å². The Bertz CT molecular complexity index is 774. The summed E-state index contributed by atoms with van der Waals surface area (Å²) in [7, 11) is 1.65. The minimum Gasteiger partial charge on any atom is -0.439 e. The highest BCUT2D eigenvalue weighted by molar-refractivity contribution is 7.80. The van der Waals surface area contributed by atoms with Gasteiger partial charge in [-0.25, -0.2) is 0 Å². The van der Waals surface area contributed by atoms with E-state index in [9.17, 15) is 0 Å². The monoisotopic (exact) mass is 401 g/mol. The number of piperidine rings is 1. The highest BCUT2D eigenvalue weighted by Gasteiger charge is 2.20. The van der Waals surface area contributed by atoms with E-state index >= 15 is 0 Å². The second-order valence-corrected chi connectivity index (χ2v) is 7.28. The first-order valence-electron chi connectivity index (χ1n) is 9.55. The van der Waals surface area contributed by atoms with E-state index < -0.39 is 0 Å². The molecule has 0 unspecified atom stereocenters. The molecule has 1 atom stereocenters. The number of aromatic nitrogens is 2. The van der Waals surface area contributed by atoms with Gasteiger partial charge in [0, 0.05) is 32.8 Å². The Balaban J connectivity index is 1.79. The molecule has 0 radical (unpaired) electrons. The molecule has 0 bridgehead atoms. The lowest BCUT2D eigenvalue weighted by molar-refractivity contribution is 0.204. The number of rotatable bonds is 7. The topological polar surface area (TPSA) is 71.5 Å². The molecule has 2 heterocycles. The van der Waals surface area contributed by atoms with Crippen LogP contribution >= 0.6 is 12.2 Å². The third-order valence-electron chi connectivity index (χ3n) is 4.45. The number of benzene rings is 1. The smallest absolute Gasteiger partial charge is 0.234 e. The molecule has 1 saturated heterocycles. The molecule has 1 fully saturated rings. The maximum Gasteiger partial charge on any atom is 0.234 e. The largest absolute Gasteiger partial charge is 0.439 e. The number of methoxy groups -OCH3 is 1. The van der Waals surface area contributed by atoms with Crippen LogP contribution in [0.1, 0.15) is 19.8 Å². The third kappa shape index (κ3) is 6.03. The number of hydrogen-bond donors (Lipinski definition) is 2. The molecule has 0 amide bonds. The molecule has 1 aromatic carbocycles.